The number of halogens is 1. The Morgan fingerprint density at radius 2 is 1.74 bits per heavy atom. The van der Waals surface area contributed by atoms with Crippen LogP contribution in [0.15, 0.2) is 24.3 Å². The van der Waals surface area contributed by atoms with Crippen LogP contribution >= 0.6 is 0 Å². The maximum Gasteiger partial charge on any atom is 0.410 e. The summed E-state index contributed by atoms with van der Waals surface area (Å²) in [7, 11) is 0. The number of amides is 1. The van der Waals surface area contributed by atoms with Crippen molar-refractivity contribution < 1.29 is 13.9 Å². The van der Waals surface area contributed by atoms with E-state index >= 15 is 0 Å². The molecule has 1 amide bonds. The van der Waals surface area contributed by atoms with Gasteiger partial charge in [-0.25, -0.2) is 9.18 Å². The zero-order valence-electron chi connectivity index (χ0n) is 14.1. The molecule has 2 atom stereocenters. The lowest BCUT2D eigenvalue weighted by atomic mass is 10.1. The monoisotopic (exact) mass is 320 g/mol. The number of hydrogen-bond acceptors (Lipinski definition) is 3. The Morgan fingerprint density at radius 1 is 1.13 bits per heavy atom. The summed E-state index contributed by atoms with van der Waals surface area (Å²) in [4.78, 5) is 16.3. The second-order valence-electron chi connectivity index (χ2n) is 7.46. The van der Waals surface area contributed by atoms with E-state index in [0.29, 0.717) is 25.0 Å². The van der Waals surface area contributed by atoms with Crippen LogP contribution in [-0.2, 0) is 4.74 Å². The SMILES string of the molecule is CC(C)(C)OC(=O)N1CCN([C@@H]2C[C@H]2c2ccc(F)cc2)CC1. The quantitative estimate of drug-likeness (QED) is 0.839. The molecule has 0 unspecified atom stereocenters. The van der Waals surface area contributed by atoms with Gasteiger partial charge in [-0.3, -0.25) is 4.90 Å². The number of rotatable bonds is 2. The van der Waals surface area contributed by atoms with Gasteiger partial charge in [0.2, 0.25) is 0 Å². The normalized spacial score (nSPS) is 25.3. The van der Waals surface area contributed by atoms with Crippen LogP contribution in [0.25, 0.3) is 0 Å². The van der Waals surface area contributed by atoms with Gasteiger partial charge in [-0.1, -0.05) is 12.1 Å². The largest absolute Gasteiger partial charge is 0.444 e. The van der Waals surface area contributed by atoms with Crippen molar-refractivity contribution in [2.75, 3.05) is 26.2 Å². The molecule has 2 fully saturated rings. The van der Waals surface area contributed by atoms with Crippen LogP contribution < -0.4 is 0 Å². The first-order chi connectivity index (χ1) is 10.8. The topological polar surface area (TPSA) is 32.8 Å². The average Bonchev–Trinajstić information content (AvgIpc) is 3.27. The lowest BCUT2D eigenvalue weighted by Gasteiger charge is -2.36. The Hall–Kier alpha value is -1.62. The smallest absolute Gasteiger partial charge is 0.410 e. The molecule has 4 nitrogen and oxygen atoms in total. The molecule has 0 bridgehead atoms. The second-order valence-corrected chi connectivity index (χ2v) is 7.46. The fraction of sp³-hybridized carbons (Fsp3) is 0.611. The van der Waals surface area contributed by atoms with Crippen molar-refractivity contribution in [2.24, 2.45) is 0 Å². The fourth-order valence-electron chi connectivity index (χ4n) is 3.22. The number of nitrogens with zero attached hydrogens (tertiary/aromatic N) is 2. The molecule has 2 aliphatic rings. The van der Waals surface area contributed by atoms with Crippen LogP contribution in [0, 0.1) is 5.82 Å². The Balaban J connectivity index is 1.49. The third-order valence-electron chi connectivity index (χ3n) is 4.49. The highest BCUT2D eigenvalue weighted by Gasteiger charge is 2.43. The number of piperazine rings is 1. The van der Waals surface area contributed by atoms with E-state index in [1.165, 1.54) is 17.7 Å². The summed E-state index contributed by atoms with van der Waals surface area (Å²) < 4.78 is 18.4. The zero-order chi connectivity index (χ0) is 16.6. The highest BCUT2D eigenvalue weighted by atomic mass is 19.1. The van der Waals surface area contributed by atoms with Crippen LogP contribution in [-0.4, -0.2) is 53.7 Å². The second kappa shape index (κ2) is 6.11. The third-order valence-corrected chi connectivity index (χ3v) is 4.49. The van der Waals surface area contributed by atoms with Gasteiger partial charge in [0.05, 0.1) is 0 Å². The van der Waals surface area contributed by atoms with Crippen molar-refractivity contribution in [1.82, 2.24) is 9.80 Å². The lowest BCUT2D eigenvalue weighted by molar-refractivity contribution is 0.0136. The Kier molecular flexibility index (Phi) is 4.32. The number of hydrogen-bond donors (Lipinski definition) is 0. The number of carbonyl (C=O) groups is 1. The third kappa shape index (κ3) is 4.02. The summed E-state index contributed by atoms with van der Waals surface area (Å²) in [6.07, 6.45) is 0.904. The molecule has 1 aliphatic heterocycles. The molecule has 126 valence electrons. The van der Waals surface area contributed by atoms with Crippen LogP contribution in [0.3, 0.4) is 0 Å². The molecule has 1 saturated carbocycles. The molecule has 0 radical (unpaired) electrons. The Bertz CT molecular complexity index is 559. The van der Waals surface area contributed by atoms with Crippen LogP contribution in [0.2, 0.25) is 0 Å². The number of ether oxygens (including phenoxy) is 1. The predicted molar refractivity (Wildman–Crippen MR) is 86.9 cm³/mol. The van der Waals surface area contributed by atoms with E-state index in [1.807, 2.05) is 32.9 Å². The van der Waals surface area contributed by atoms with Gasteiger partial charge in [0.15, 0.2) is 0 Å². The summed E-state index contributed by atoms with van der Waals surface area (Å²) in [5, 5.41) is 0. The van der Waals surface area contributed by atoms with Gasteiger partial charge in [-0.2, -0.15) is 0 Å². The minimum absolute atomic E-state index is 0.183. The predicted octanol–water partition coefficient (Wildman–Crippen LogP) is 3.23. The molecule has 1 saturated heterocycles. The maximum absolute atomic E-state index is 13.0. The molecule has 1 aromatic carbocycles. The summed E-state index contributed by atoms with van der Waals surface area (Å²) in [5.74, 6) is 0.320. The first-order valence-corrected chi connectivity index (χ1v) is 8.31. The molecular weight excluding hydrogens is 295 g/mol. The minimum Gasteiger partial charge on any atom is -0.444 e. The van der Waals surface area contributed by atoms with Crippen molar-refractivity contribution in [1.29, 1.82) is 0 Å². The summed E-state index contributed by atoms with van der Waals surface area (Å²) >= 11 is 0. The van der Waals surface area contributed by atoms with Crippen molar-refractivity contribution >= 4 is 6.09 Å². The van der Waals surface area contributed by atoms with Gasteiger partial charge in [0.25, 0.3) is 0 Å². The van der Waals surface area contributed by atoms with E-state index in [-0.39, 0.29) is 11.9 Å². The zero-order valence-corrected chi connectivity index (χ0v) is 14.1. The van der Waals surface area contributed by atoms with Crippen molar-refractivity contribution in [3.05, 3.63) is 35.6 Å². The molecular formula is C18H25FN2O2. The lowest BCUT2D eigenvalue weighted by Crippen LogP contribution is -2.50. The molecule has 1 aliphatic carbocycles. The summed E-state index contributed by atoms with van der Waals surface area (Å²) in [5.41, 5.74) is 0.768. The van der Waals surface area contributed by atoms with E-state index < -0.39 is 5.60 Å². The summed E-state index contributed by atoms with van der Waals surface area (Å²) in [6, 6.07) is 7.37. The van der Waals surface area contributed by atoms with Crippen molar-refractivity contribution in [3.8, 4) is 0 Å². The molecule has 23 heavy (non-hydrogen) atoms. The molecule has 5 heteroatoms. The van der Waals surface area contributed by atoms with E-state index in [4.69, 9.17) is 4.74 Å². The average molecular weight is 320 g/mol. The van der Waals surface area contributed by atoms with Crippen molar-refractivity contribution in [2.45, 2.75) is 44.8 Å². The number of carbonyl (C=O) groups excluding carboxylic acids is 1. The minimum atomic E-state index is -0.446. The standard InChI is InChI=1S/C18H25FN2O2/c1-18(2,3)23-17(22)21-10-8-20(9-11-21)16-12-15(16)13-4-6-14(19)7-5-13/h4-7,15-16H,8-12H2,1-3H3/t15-,16+/m0/s1. The van der Waals surface area contributed by atoms with Crippen molar-refractivity contribution in [3.63, 3.8) is 0 Å². The first-order valence-electron chi connectivity index (χ1n) is 8.31. The van der Waals surface area contributed by atoms with Crippen LogP contribution in [0.1, 0.15) is 38.7 Å². The van der Waals surface area contributed by atoms with Gasteiger partial charge in [-0.05, 0) is 44.9 Å². The van der Waals surface area contributed by atoms with Gasteiger partial charge < -0.3 is 9.64 Å². The first kappa shape index (κ1) is 16.2. The Morgan fingerprint density at radius 3 is 2.30 bits per heavy atom. The van der Waals surface area contributed by atoms with E-state index in [1.54, 1.807) is 4.90 Å². The molecule has 0 aromatic heterocycles. The van der Waals surface area contributed by atoms with Gasteiger partial charge in [0.1, 0.15) is 11.4 Å². The van der Waals surface area contributed by atoms with E-state index in [2.05, 4.69) is 4.90 Å². The molecule has 0 spiro atoms. The highest BCUT2D eigenvalue weighted by Crippen LogP contribution is 2.44. The van der Waals surface area contributed by atoms with E-state index in [9.17, 15) is 9.18 Å². The molecule has 1 aromatic rings. The van der Waals surface area contributed by atoms with Gasteiger partial charge >= 0.3 is 6.09 Å². The number of benzene rings is 1. The molecule has 0 N–H and O–H groups in total. The van der Waals surface area contributed by atoms with Gasteiger partial charge in [-0.15, -0.1) is 0 Å². The van der Waals surface area contributed by atoms with E-state index in [0.717, 1.165) is 19.5 Å². The summed E-state index contributed by atoms with van der Waals surface area (Å²) in [6.45, 7) is 8.84. The van der Waals surface area contributed by atoms with Gasteiger partial charge in [0, 0.05) is 38.1 Å². The Labute approximate surface area is 137 Å². The maximum atomic E-state index is 13.0. The molecule has 3 rings (SSSR count). The molecule has 1 heterocycles. The highest BCUT2D eigenvalue weighted by molar-refractivity contribution is 5.68. The van der Waals surface area contributed by atoms with Crippen LogP contribution in [0.5, 0.6) is 0 Å². The van der Waals surface area contributed by atoms with Crippen LogP contribution in [0.4, 0.5) is 9.18 Å². The fourth-order valence-corrected chi connectivity index (χ4v) is 3.22.